The Balaban J connectivity index is 1.39. The van der Waals surface area contributed by atoms with Gasteiger partial charge in [-0.2, -0.15) is 8.78 Å². The number of hydrogen-bond donors (Lipinski definition) is 0. The molecule has 2 aromatic carbocycles. The summed E-state index contributed by atoms with van der Waals surface area (Å²) in [5, 5.41) is 0. The van der Waals surface area contributed by atoms with Crippen molar-refractivity contribution in [2.45, 2.75) is 37.1 Å². The summed E-state index contributed by atoms with van der Waals surface area (Å²) in [5.41, 5.74) is 1.81. The minimum absolute atomic E-state index is 0.0729. The molecule has 0 unspecified atom stereocenters. The van der Waals surface area contributed by atoms with Crippen LogP contribution in [0.25, 0.3) is 0 Å². The molecule has 4 rings (SSSR count). The Labute approximate surface area is 206 Å². The molecule has 3 aromatic rings. The van der Waals surface area contributed by atoms with Crippen molar-refractivity contribution in [3.8, 4) is 11.5 Å². The molecular formula is C25H23F2NO7S. The van der Waals surface area contributed by atoms with E-state index >= 15 is 0 Å². The summed E-state index contributed by atoms with van der Waals surface area (Å²) < 4.78 is 67.1. The molecule has 0 radical (unpaired) electrons. The Morgan fingerprint density at radius 2 is 1.75 bits per heavy atom. The number of sulfone groups is 1. The molecule has 11 heteroatoms. The average molecular weight is 520 g/mol. The normalized spacial score (nSPS) is 15.1. The van der Waals surface area contributed by atoms with Gasteiger partial charge < -0.3 is 18.8 Å². The number of hydrogen-bond acceptors (Lipinski definition) is 7. The molecule has 0 fully saturated rings. The van der Waals surface area contributed by atoms with Crippen molar-refractivity contribution < 1.29 is 41.0 Å². The summed E-state index contributed by atoms with van der Waals surface area (Å²) in [6, 6.07) is 13.0. The molecular weight excluding hydrogens is 496 g/mol. The first kappa shape index (κ1) is 25.4. The zero-order valence-corrected chi connectivity index (χ0v) is 20.3. The van der Waals surface area contributed by atoms with Crippen molar-refractivity contribution in [3.05, 3.63) is 77.1 Å². The molecule has 0 spiro atoms. The van der Waals surface area contributed by atoms with Crippen LogP contribution in [0, 0.1) is 13.8 Å². The molecule has 1 aliphatic rings. The van der Waals surface area contributed by atoms with E-state index in [0.717, 1.165) is 30.0 Å². The Bertz CT molecular complexity index is 1400. The van der Waals surface area contributed by atoms with E-state index < -0.39 is 38.8 Å². The Hall–Kier alpha value is -3.73. The van der Waals surface area contributed by atoms with E-state index in [1.165, 1.54) is 0 Å². The van der Waals surface area contributed by atoms with Crippen molar-refractivity contribution in [2.24, 2.45) is 0 Å². The molecule has 0 bridgehead atoms. The molecule has 0 aliphatic carbocycles. The first-order chi connectivity index (χ1) is 17.1. The van der Waals surface area contributed by atoms with E-state index in [2.05, 4.69) is 0 Å². The summed E-state index contributed by atoms with van der Waals surface area (Å²) in [6.07, 6.45) is -0.262. The Morgan fingerprint density at radius 1 is 1.08 bits per heavy atom. The number of ketones is 1. The highest BCUT2D eigenvalue weighted by Crippen LogP contribution is 2.31. The highest BCUT2D eigenvalue weighted by molar-refractivity contribution is 7.91. The number of rotatable bonds is 8. The van der Waals surface area contributed by atoms with E-state index in [1.807, 2.05) is 35.8 Å². The number of nitrogens with zero attached hydrogens (tertiary/aromatic N) is 1. The predicted octanol–water partition coefficient (Wildman–Crippen LogP) is 3.98. The number of aromatic nitrogens is 1. The topological polar surface area (TPSA) is 101 Å². The minimum Gasteiger partial charge on any atom is -0.486 e. The molecule has 8 nitrogen and oxygen atoms in total. The Kier molecular flexibility index (Phi) is 7.11. The second-order valence-corrected chi connectivity index (χ2v) is 10.1. The second-order valence-electron chi connectivity index (χ2n) is 8.22. The lowest BCUT2D eigenvalue weighted by Gasteiger charge is -2.27. The maximum absolute atomic E-state index is 12.8. The van der Waals surface area contributed by atoms with Gasteiger partial charge in [-0.05, 0) is 56.3 Å². The number of halogens is 2. The molecule has 0 amide bonds. The summed E-state index contributed by atoms with van der Waals surface area (Å²) in [4.78, 5) is 24.4. The minimum atomic E-state index is -4.77. The van der Waals surface area contributed by atoms with Gasteiger partial charge in [0, 0.05) is 17.0 Å². The number of para-hydroxylation sites is 2. The molecule has 0 saturated heterocycles. The van der Waals surface area contributed by atoms with Crippen LogP contribution in [0.5, 0.6) is 11.5 Å². The molecule has 36 heavy (non-hydrogen) atoms. The van der Waals surface area contributed by atoms with Gasteiger partial charge in [-0.1, -0.05) is 12.1 Å². The SMILES string of the molecule is Cc1cc(C(=O)COC(=O)c2ccc(S(=O)(=O)C(F)F)cc2)c(C)n1C[C@H]1COc2ccccc2O1. The fraction of sp³-hybridized carbons (Fsp3) is 0.280. The highest BCUT2D eigenvalue weighted by atomic mass is 32.2. The zero-order chi connectivity index (χ0) is 26.0. The van der Waals surface area contributed by atoms with Gasteiger partial charge in [0.1, 0.15) is 6.61 Å². The van der Waals surface area contributed by atoms with Crippen molar-refractivity contribution in [3.63, 3.8) is 0 Å². The molecule has 2 heterocycles. The lowest BCUT2D eigenvalue weighted by Crippen LogP contribution is -2.33. The van der Waals surface area contributed by atoms with Crippen LogP contribution in [0.3, 0.4) is 0 Å². The number of carbonyl (C=O) groups is 2. The van der Waals surface area contributed by atoms with Crippen LogP contribution in [0.1, 0.15) is 32.1 Å². The number of ether oxygens (including phenoxy) is 3. The number of alkyl halides is 2. The third-order valence-corrected chi connectivity index (χ3v) is 7.21. The zero-order valence-electron chi connectivity index (χ0n) is 19.4. The molecule has 1 aliphatic heterocycles. The molecule has 190 valence electrons. The van der Waals surface area contributed by atoms with Crippen LogP contribution in [0.4, 0.5) is 8.78 Å². The van der Waals surface area contributed by atoms with Crippen LogP contribution < -0.4 is 9.47 Å². The van der Waals surface area contributed by atoms with Crippen LogP contribution in [0.15, 0.2) is 59.5 Å². The van der Waals surface area contributed by atoms with Gasteiger partial charge in [-0.25, -0.2) is 13.2 Å². The van der Waals surface area contributed by atoms with Gasteiger partial charge in [0.05, 0.1) is 17.0 Å². The van der Waals surface area contributed by atoms with Crippen LogP contribution >= 0.6 is 0 Å². The van der Waals surface area contributed by atoms with E-state index in [9.17, 15) is 26.8 Å². The van der Waals surface area contributed by atoms with Gasteiger partial charge in [0.25, 0.3) is 0 Å². The predicted molar refractivity (Wildman–Crippen MR) is 125 cm³/mol. The second kappa shape index (κ2) is 10.1. The van der Waals surface area contributed by atoms with Crippen LogP contribution in [0.2, 0.25) is 0 Å². The van der Waals surface area contributed by atoms with Crippen molar-refractivity contribution in [1.29, 1.82) is 0 Å². The summed E-state index contributed by atoms with van der Waals surface area (Å²) in [5.74, 6) is -3.55. The Morgan fingerprint density at radius 3 is 2.42 bits per heavy atom. The van der Waals surface area contributed by atoms with E-state index in [1.54, 1.807) is 13.0 Å². The maximum Gasteiger partial charge on any atom is 0.341 e. The molecule has 0 N–H and O–H groups in total. The monoisotopic (exact) mass is 519 g/mol. The number of benzene rings is 2. The molecule has 1 aromatic heterocycles. The largest absolute Gasteiger partial charge is 0.486 e. The standard InChI is InChI=1S/C25H23F2NO7S/c1-15-11-20(16(2)28(15)12-18-13-33-22-5-3-4-6-23(22)35-18)21(29)14-34-24(30)17-7-9-19(10-8-17)36(31,32)25(26)27/h3-11,18,25H,12-14H2,1-2H3/t18-/m0/s1. The molecule has 0 saturated carbocycles. The quantitative estimate of drug-likeness (QED) is 0.328. The van der Waals surface area contributed by atoms with Gasteiger partial charge in [0.15, 0.2) is 24.2 Å². The molecule has 1 atom stereocenters. The summed E-state index contributed by atoms with van der Waals surface area (Å²) in [7, 11) is -4.77. The third kappa shape index (κ3) is 5.11. The maximum atomic E-state index is 12.8. The number of esters is 1. The lowest BCUT2D eigenvalue weighted by atomic mass is 10.1. The summed E-state index contributed by atoms with van der Waals surface area (Å²) >= 11 is 0. The number of Topliss-reactive ketones (excluding diaryl/α,β-unsaturated/α-hetero) is 1. The van der Waals surface area contributed by atoms with Gasteiger partial charge >= 0.3 is 11.7 Å². The van der Waals surface area contributed by atoms with Gasteiger partial charge in [0.2, 0.25) is 15.6 Å². The van der Waals surface area contributed by atoms with Crippen molar-refractivity contribution >= 4 is 21.6 Å². The number of carbonyl (C=O) groups excluding carboxylic acids is 2. The number of aryl methyl sites for hydroxylation is 1. The smallest absolute Gasteiger partial charge is 0.341 e. The van der Waals surface area contributed by atoms with Gasteiger partial charge in [-0.15, -0.1) is 0 Å². The lowest BCUT2D eigenvalue weighted by molar-refractivity contribution is 0.0474. The highest BCUT2D eigenvalue weighted by Gasteiger charge is 2.27. The first-order valence-corrected chi connectivity index (χ1v) is 12.5. The fourth-order valence-corrected chi connectivity index (χ4v) is 4.62. The first-order valence-electron chi connectivity index (χ1n) is 11.0. The fourth-order valence-electron chi connectivity index (χ4n) is 3.90. The summed E-state index contributed by atoms with van der Waals surface area (Å²) in [6.45, 7) is 3.89. The van der Waals surface area contributed by atoms with Crippen molar-refractivity contribution in [2.75, 3.05) is 13.2 Å². The van der Waals surface area contributed by atoms with Crippen molar-refractivity contribution in [1.82, 2.24) is 4.57 Å². The van der Waals surface area contributed by atoms with E-state index in [4.69, 9.17) is 14.2 Å². The van der Waals surface area contributed by atoms with E-state index in [-0.39, 0.29) is 11.7 Å². The van der Waals surface area contributed by atoms with Gasteiger partial charge in [-0.3, -0.25) is 4.79 Å². The van der Waals surface area contributed by atoms with Crippen LogP contribution in [-0.2, 0) is 21.1 Å². The average Bonchev–Trinajstić information content (AvgIpc) is 3.15. The van der Waals surface area contributed by atoms with Crippen LogP contribution in [-0.4, -0.2) is 49.8 Å². The third-order valence-electron chi connectivity index (χ3n) is 5.82. The number of fused-ring (bicyclic) bond motifs is 1. The van der Waals surface area contributed by atoms with E-state index in [0.29, 0.717) is 35.9 Å².